The first kappa shape index (κ1) is 18.4. The van der Waals surface area contributed by atoms with Crippen molar-refractivity contribution in [3.8, 4) is 0 Å². The van der Waals surface area contributed by atoms with Gasteiger partial charge in [0.2, 0.25) is 11.6 Å². The van der Waals surface area contributed by atoms with Crippen molar-refractivity contribution in [3.05, 3.63) is 73.4 Å². The lowest BCUT2D eigenvalue weighted by atomic mass is 10.3. The molecule has 10 heteroatoms. The molecule has 7 nitrogen and oxygen atoms in total. The monoisotopic (exact) mass is 453 g/mol. The van der Waals surface area contributed by atoms with E-state index < -0.39 is 4.92 Å². The standard InChI is InChI=1S/C16H10BrCl2N5O2/c17-9-2-1-3-11(6-9)22-15-14(24(25)26)16(21-8-20-15)23-13-7-10(18)4-5-12(13)19/h1-8H,(H2,20,21,22,23). The first-order chi connectivity index (χ1) is 12.4. The van der Waals surface area contributed by atoms with E-state index in [0.29, 0.717) is 21.4 Å². The van der Waals surface area contributed by atoms with Gasteiger partial charge in [0, 0.05) is 15.2 Å². The fourth-order valence-corrected chi connectivity index (χ4v) is 2.89. The Morgan fingerprint density at radius 2 is 1.77 bits per heavy atom. The Morgan fingerprint density at radius 3 is 2.46 bits per heavy atom. The molecule has 0 atom stereocenters. The highest BCUT2D eigenvalue weighted by Gasteiger charge is 2.24. The molecule has 0 spiro atoms. The number of anilines is 4. The van der Waals surface area contributed by atoms with Crippen LogP contribution < -0.4 is 10.6 Å². The number of halogens is 3. The lowest BCUT2D eigenvalue weighted by Crippen LogP contribution is -2.05. The Hall–Kier alpha value is -2.42. The van der Waals surface area contributed by atoms with Gasteiger partial charge in [-0.3, -0.25) is 10.1 Å². The van der Waals surface area contributed by atoms with E-state index >= 15 is 0 Å². The first-order valence-electron chi connectivity index (χ1n) is 7.18. The molecule has 26 heavy (non-hydrogen) atoms. The molecule has 0 saturated heterocycles. The molecule has 1 heterocycles. The highest BCUT2D eigenvalue weighted by atomic mass is 79.9. The number of hydrogen-bond donors (Lipinski definition) is 2. The zero-order valence-electron chi connectivity index (χ0n) is 12.9. The van der Waals surface area contributed by atoms with Crippen LogP contribution in [0.25, 0.3) is 0 Å². The topological polar surface area (TPSA) is 93.0 Å². The van der Waals surface area contributed by atoms with E-state index in [1.165, 1.54) is 6.33 Å². The van der Waals surface area contributed by atoms with E-state index in [9.17, 15) is 10.1 Å². The minimum Gasteiger partial charge on any atom is -0.334 e. The molecule has 2 aromatic carbocycles. The van der Waals surface area contributed by atoms with Gasteiger partial charge in [0.15, 0.2) is 0 Å². The minimum absolute atomic E-state index is 0.00772. The predicted molar refractivity (Wildman–Crippen MR) is 106 cm³/mol. The Kier molecular flexibility index (Phi) is 5.55. The van der Waals surface area contributed by atoms with Gasteiger partial charge in [-0.1, -0.05) is 45.2 Å². The SMILES string of the molecule is O=[N+]([O-])c1c(Nc2cccc(Br)c2)ncnc1Nc1cc(Cl)ccc1Cl. The van der Waals surface area contributed by atoms with Crippen molar-refractivity contribution in [1.29, 1.82) is 0 Å². The second-order valence-corrected chi connectivity index (χ2v) is 6.82. The molecule has 3 aromatic rings. The van der Waals surface area contributed by atoms with Crippen LogP contribution in [-0.2, 0) is 0 Å². The van der Waals surface area contributed by atoms with Crippen molar-refractivity contribution in [1.82, 2.24) is 9.97 Å². The van der Waals surface area contributed by atoms with E-state index in [1.807, 2.05) is 6.07 Å². The number of hydrogen-bond acceptors (Lipinski definition) is 6. The van der Waals surface area contributed by atoms with Gasteiger partial charge in [0.25, 0.3) is 0 Å². The van der Waals surface area contributed by atoms with Gasteiger partial charge >= 0.3 is 5.69 Å². The van der Waals surface area contributed by atoms with Crippen LogP contribution in [0.4, 0.5) is 28.7 Å². The van der Waals surface area contributed by atoms with Gasteiger partial charge in [-0.25, -0.2) is 9.97 Å². The molecule has 0 fully saturated rings. The summed E-state index contributed by atoms with van der Waals surface area (Å²) in [5.41, 5.74) is 0.714. The second-order valence-electron chi connectivity index (χ2n) is 5.06. The highest BCUT2D eigenvalue weighted by Crippen LogP contribution is 2.35. The van der Waals surface area contributed by atoms with E-state index in [0.717, 1.165) is 4.47 Å². The molecule has 0 aliphatic rings. The second kappa shape index (κ2) is 7.86. The Labute approximate surface area is 166 Å². The van der Waals surface area contributed by atoms with Crippen molar-refractivity contribution >= 4 is 67.8 Å². The van der Waals surface area contributed by atoms with Crippen LogP contribution >= 0.6 is 39.1 Å². The molecule has 0 aliphatic carbocycles. The van der Waals surface area contributed by atoms with Crippen molar-refractivity contribution in [2.75, 3.05) is 10.6 Å². The van der Waals surface area contributed by atoms with Crippen LogP contribution in [0.1, 0.15) is 0 Å². The zero-order valence-corrected chi connectivity index (χ0v) is 16.0. The summed E-state index contributed by atoms with van der Waals surface area (Å²) in [5.74, 6) is 0.0374. The molecular weight excluding hydrogens is 445 g/mol. The van der Waals surface area contributed by atoms with E-state index in [4.69, 9.17) is 23.2 Å². The quantitative estimate of drug-likeness (QED) is 0.366. The summed E-state index contributed by atoms with van der Waals surface area (Å²) < 4.78 is 0.822. The van der Waals surface area contributed by atoms with Crippen LogP contribution in [0.5, 0.6) is 0 Å². The normalized spacial score (nSPS) is 10.4. The molecule has 1 aromatic heterocycles. The molecule has 3 rings (SSSR count). The molecule has 2 N–H and O–H groups in total. The molecule has 0 bridgehead atoms. The lowest BCUT2D eigenvalue weighted by molar-refractivity contribution is -0.383. The summed E-state index contributed by atoms with van der Waals surface area (Å²) in [4.78, 5) is 19.0. The number of aromatic nitrogens is 2. The number of benzene rings is 2. The van der Waals surface area contributed by atoms with Crippen molar-refractivity contribution in [2.45, 2.75) is 0 Å². The van der Waals surface area contributed by atoms with Crippen LogP contribution in [-0.4, -0.2) is 14.9 Å². The summed E-state index contributed by atoms with van der Waals surface area (Å²) in [7, 11) is 0. The summed E-state index contributed by atoms with van der Waals surface area (Å²) in [6.45, 7) is 0. The molecule has 0 radical (unpaired) electrons. The van der Waals surface area contributed by atoms with Gasteiger partial charge in [0.05, 0.1) is 15.6 Å². The highest BCUT2D eigenvalue weighted by molar-refractivity contribution is 9.10. The van der Waals surface area contributed by atoms with Gasteiger partial charge < -0.3 is 10.6 Å². The van der Waals surface area contributed by atoms with Crippen LogP contribution in [0.3, 0.4) is 0 Å². The zero-order chi connectivity index (χ0) is 18.7. The van der Waals surface area contributed by atoms with Crippen molar-refractivity contribution in [3.63, 3.8) is 0 Å². The van der Waals surface area contributed by atoms with E-state index in [2.05, 4.69) is 36.5 Å². The molecule has 0 saturated carbocycles. The number of nitrogens with one attached hydrogen (secondary N) is 2. The van der Waals surface area contributed by atoms with Gasteiger partial charge in [-0.15, -0.1) is 0 Å². The molecular formula is C16H10BrCl2N5O2. The minimum atomic E-state index is -0.568. The van der Waals surface area contributed by atoms with Crippen LogP contribution in [0, 0.1) is 10.1 Å². The van der Waals surface area contributed by atoms with E-state index in [1.54, 1.807) is 36.4 Å². The van der Waals surface area contributed by atoms with Crippen LogP contribution in [0.15, 0.2) is 53.3 Å². The number of nitrogens with zero attached hydrogens (tertiary/aromatic N) is 3. The third-order valence-corrected chi connectivity index (χ3v) is 4.33. The predicted octanol–water partition coefficient (Wildman–Crippen LogP) is 5.94. The molecule has 0 aliphatic heterocycles. The average Bonchev–Trinajstić information content (AvgIpc) is 2.58. The number of rotatable bonds is 5. The summed E-state index contributed by atoms with van der Waals surface area (Å²) >= 11 is 15.4. The van der Waals surface area contributed by atoms with Crippen molar-refractivity contribution in [2.24, 2.45) is 0 Å². The fourth-order valence-electron chi connectivity index (χ4n) is 2.16. The third kappa shape index (κ3) is 4.21. The lowest BCUT2D eigenvalue weighted by Gasteiger charge is -2.11. The summed E-state index contributed by atoms with van der Waals surface area (Å²) in [5, 5.41) is 18.2. The molecule has 0 amide bonds. The smallest absolute Gasteiger partial charge is 0.334 e. The third-order valence-electron chi connectivity index (χ3n) is 3.27. The summed E-state index contributed by atoms with van der Waals surface area (Å²) in [6.07, 6.45) is 1.22. The Morgan fingerprint density at radius 1 is 1.04 bits per heavy atom. The van der Waals surface area contributed by atoms with E-state index in [-0.39, 0.29) is 17.3 Å². The van der Waals surface area contributed by atoms with Gasteiger partial charge in [0.1, 0.15) is 6.33 Å². The van der Waals surface area contributed by atoms with Gasteiger partial charge in [-0.2, -0.15) is 0 Å². The maximum Gasteiger partial charge on any atom is 0.353 e. The maximum absolute atomic E-state index is 11.6. The summed E-state index contributed by atoms with van der Waals surface area (Å²) in [6, 6.07) is 11.9. The molecule has 0 unspecified atom stereocenters. The van der Waals surface area contributed by atoms with Crippen LogP contribution in [0.2, 0.25) is 10.0 Å². The fraction of sp³-hybridized carbons (Fsp3) is 0. The maximum atomic E-state index is 11.6. The Bertz CT molecular complexity index is 987. The largest absolute Gasteiger partial charge is 0.353 e. The molecule has 132 valence electrons. The number of nitro groups is 1. The van der Waals surface area contributed by atoms with Gasteiger partial charge in [-0.05, 0) is 36.4 Å². The first-order valence-corrected chi connectivity index (χ1v) is 8.73. The Balaban J connectivity index is 2.01. The average molecular weight is 455 g/mol. The van der Waals surface area contributed by atoms with Crippen molar-refractivity contribution < 1.29 is 4.92 Å².